The maximum absolute atomic E-state index is 11.7. The van der Waals surface area contributed by atoms with E-state index in [0.717, 1.165) is 35.1 Å². The van der Waals surface area contributed by atoms with Crippen molar-refractivity contribution < 1.29 is 9.90 Å². The molecule has 0 atom stereocenters. The fourth-order valence-corrected chi connectivity index (χ4v) is 2.29. The zero-order valence-electron chi connectivity index (χ0n) is 9.55. The maximum Gasteiger partial charge on any atom is 0.163 e. The summed E-state index contributed by atoms with van der Waals surface area (Å²) < 4.78 is 0. The molecule has 2 heteroatoms. The van der Waals surface area contributed by atoms with E-state index < -0.39 is 0 Å². The number of fused-ring (bicyclic) bond motifs is 1. The van der Waals surface area contributed by atoms with Crippen molar-refractivity contribution in [2.75, 3.05) is 0 Å². The van der Waals surface area contributed by atoms with Crippen LogP contribution in [0.1, 0.15) is 41.3 Å². The normalized spacial score (nSPS) is 14.7. The Bertz CT molecular complexity index is 458. The summed E-state index contributed by atoms with van der Waals surface area (Å²) in [5, 5.41) is 9.85. The lowest BCUT2D eigenvalue weighted by molar-refractivity contribution is 0.0972. The summed E-state index contributed by atoms with van der Waals surface area (Å²) in [5.74, 6) is 0.487. The molecule has 0 saturated heterocycles. The van der Waals surface area contributed by atoms with Gasteiger partial charge in [0, 0.05) is 17.5 Å². The number of allylic oxidation sites excluding steroid dienone is 1. The van der Waals surface area contributed by atoms with E-state index in [1.165, 1.54) is 0 Å². The van der Waals surface area contributed by atoms with Crippen molar-refractivity contribution >= 4 is 5.78 Å². The highest BCUT2D eigenvalue weighted by Crippen LogP contribution is 2.31. The lowest BCUT2D eigenvalue weighted by Crippen LogP contribution is -2.13. The van der Waals surface area contributed by atoms with Crippen molar-refractivity contribution in [1.82, 2.24) is 0 Å². The quantitative estimate of drug-likeness (QED) is 0.771. The van der Waals surface area contributed by atoms with Gasteiger partial charge in [0.1, 0.15) is 5.75 Å². The van der Waals surface area contributed by atoms with Gasteiger partial charge >= 0.3 is 0 Å². The molecule has 2 nitrogen and oxygen atoms in total. The summed E-state index contributed by atoms with van der Waals surface area (Å²) in [6, 6.07) is 3.37. The predicted octanol–water partition coefficient (Wildman–Crippen LogP) is 3.03. The molecule has 84 valence electrons. The molecule has 0 spiro atoms. The fraction of sp³-hybridized carbons (Fsp3) is 0.357. The average molecular weight is 216 g/mol. The van der Waals surface area contributed by atoms with Gasteiger partial charge in [0.15, 0.2) is 5.78 Å². The molecule has 0 aromatic heterocycles. The topological polar surface area (TPSA) is 37.3 Å². The minimum absolute atomic E-state index is 0.198. The summed E-state index contributed by atoms with van der Waals surface area (Å²) in [7, 11) is 0. The maximum atomic E-state index is 11.7. The molecule has 1 N–H and O–H groups in total. The third-order valence-corrected chi connectivity index (χ3v) is 3.02. The number of carbonyl (C=O) groups excluding carboxylic acids is 1. The highest BCUT2D eigenvalue weighted by molar-refractivity contribution is 5.99. The number of Topliss-reactive ketones (excluding diaryl/α,β-unsaturated/α-hetero) is 1. The molecule has 1 aromatic carbocycles. The number of ketones is 1. The molecular weight excluding hydrogens is 200 g/mol. The van der Waals surface area contributed by atoms with Gasteiger partial charge in [-0.15, -0.1) is 0 Å². The molecule has 0 unspecified atom stereocenters. The molecule has 2 rings (SSSR count). The number of phenols is 1. The van der Waals surface area contributed by atoms with E-state index in [2.05, 4.69) is 6.58 Å². The molecule has 1 aliphatic rings. The Morgan fingerprint density at radius 3 is 2.88 bits per heavy atom. The van der Waals surface area contributed by atoms with Gasteiger partial charge in [-0.2, -0.15) is 0 Å². The Balaban J connectivity index is 2.54. The summed E-state index contributed by atoms with van der Waals surface area (Å²) in [6.45, 7) is 5.80. The lowest BCUT2D eigenvalue weighted by Gasteiger charge is -2.19. The molecule has 0 amide bonds. The summed E-state index contributed by atoms with van der Waals surface area (Å²) in [5.41, 5.74) is 3.71. The fourth-order valence-electron chi connectivity index (χ4n) is 2.29. The van der Waals surface area contributed by atoms with Gasteiger partial charge in [-0.1, -0.05) is 12.2 Å². The van der Waals surface area contributed by atoms with Crippen LogP contribution in [-0.2, 0) is 12.8 Å². The molecule has 0 radical (unpaired) electrons. The number of phenolic OH excluding ortho intramolecular Hbond substituents is 1. The van der Waals surface area contributed by atoms with Crippen LogP contribution in [-0.4, -0.2) is 10.9 Å². The van der Waals surface area contributed by atoms with Gasteiger partial charge in [0.25, 0.3) is 0 Å². The third kappa shape index (κ3) is 1.87. The van der Waals surface area contributed by atoms with E-state index in [4.69, 9.17) is 0 Å². The van der Waals surface area contributed by atoms with Gasteiger partial charge in [-0.05, 0) is 43.9 Å². The Labute approximate surface area is 95.6 Å². The van der Waals surface area contributed by atoms with Crippen molar-refractivity contribution in [3.8, 4) is 5.75 Å². The number of benzene rings is 1. The molecule has 0 bridgehead atoms. The molecule has 0 heterocycles. The van der Waals surface area contributed by atoms with Crippen molar-refractivity contribution in [3.63, 3.8) is 0 Å². The van der Waals surface area contributed by atoms with E-state index in [1.807, 2.05) is 6.92 Å². The van der Waals surface area contributed by atoms with Crippen LogP contribution in [0.25, 0.3) is 0 Å². The second-order valence-electron chi connectivity index (χ2n) is 4.50. The molecule has 0 fully saturated rings. The Morgan fingerprint density at radius 2 is 2.19 bits per heavy atom. The van der Waals surface area contributed by atoms with Crippen LogP contribution < -0.4 is 0 Å². The van der Waals surface area contributed by atoms with Crippen molar-refractivity contribution in [2.45, 2.75) is 32.6 Å². The first kappa shape index (κ1) is 10.9. The van der Waals surface area contributed by atoms with Crippen molar-refractivity contribution in [1.29, 1.82) is 0 Å². The molecule has 16 heavy (non-hydrogen) atoms. The van der Waals surface area contributed by atoms with Crippen LogP contribution in [0, 0.1) is 0 Å². The van der Waals surface area contributed by atoms with E-state index >= 15 is 0 Å². The van der Waals surface area contributed by atoms with Crippen LogP contribution >= 0.6 is 0 Å². The smallest absolute Gasteiger partial charge is 0.163 e. The summed E-state index contributed by atoms with van der Waals surface area (Å²) in [4.78, 5) is 11.7. The van der Waals surface area contributed by atoms with Gasteiger partial charge in [0.2, 0.25) is 0 Å². The second-order valence-corrected chi connectivity index (χ2v) is 4.50. The van der Waals surface area contributed by atoms with Gasteiger partial charge in [0.05, 0.1) is 0 Å². The lowest BCUT2D eigenvalue weighted by atomic mass is 9.85. The summed E-state index contributed by atoms with van der Waals surface area (Å²) >= 11 is 0. The first-order valence-corrected chi connectivity index (χ1v) is 5.61. The third-order valence-electron chi connectivity index (χ3n) is 3.02. The van der Waals surface area contributed by atoms with E-state index in [-0.39, 0.29) is 11.5 Å². The molecule has 1 aromatic rings. The molecule has 0 saturated carbocycles. The van der Waals surface area contributed by atoms with Crippen LogP contribution in [0.15, 0.2) is 24.3 Å². The number of rotatable bonds is 2. The number of hydrogen-bond acceptors (Lipinski definition) is 2. The van der Waals surface area contributed by atoms with Crippen LogP contribution in [0.3, 0.4) is 0 Å². The molecule has 0 aliphatic heterocycles. The van der Waals surface area contributed by atoms with E-state index in [1.54, 1.807) is 12.1 Å². The monoisotopic (exact) mass is 216 g/mol. The van der Waals surface area contributed by atoms with Gasteiger partial charge in [-0.25, -0.2) is 0 Å². The minimum Gasteiger partial charge on any atom is -0.508 e. The number of aromatic hydroxyl groups is 1. The number of hydrogen-bond donors (Lipinski definition) is 1. The van der Waals surface area contributed by atoms with E-state index in [0.29, 0.717) is 12.8 Å². The van der Waals surface area contributed by atoms with Crippen LogP contribution in [0.5, 0.6) is 5.75 Å². The highest BCUT2D eigenvalue weighted by atomic mass is 16.3. The second kappa shape index (κ2) is 4.12. The highest BCUT2D eigenvalue weighted by Gasteiger charge is 2.21. The summed E-state index contributed by atoms with van der Waals surface area (Å²) in [6.07, 6.45) is 3.06. The van der Waals surface area contributed by atoms with Crippen molar-refractivity contribution in [3.05, 3.63) is 41.0 Å². The number of carbonyl (C=O) groups is 1. The Hall–Kier alpha value is -1.57. The first-order chi connectivity index (χ1) is 7.59. The average Bonchev–Trinajstić information content (AvgIpc) is 2.22. The van der Waals surface area contributed by atoms with Gasteiger partial charge < -0.3 is 5.11 Å². The zero-order valence-corrected chi connectivity index (χ0v) is 9.55. The SMILES string of the molecule is C=C(C)Cc1c(O)ccc2c1CCCC2=O. The van der Waals surface area contributed by atoms with E-state index in [9.17, 15) is 9.90 Å². The van der Waals surface area contributed by atoms with Gasteiger partial charge in [-0.3, -0.25) is 4.79 Å². The largest absolute Gasteiger partial charge is 0.508 e. The molecule has 1 aliphatic carbocycles. The first-order valence-electron chi connectivity index (χ1n) is 5.61. The van der Waals surface area contributed by atoms with Crippen LogP contribution in [0.4, 0.5) is 0 Å². The standard InChI is InChI=1S/C14H16O2/c1-9(2)8-12-10-4-3-5-13(15)11(10)6-7-14(12)16/h6-7,16H,1,3-5,8H2,2H3. The molecular formula is C14H16O2. The minimum atomic E-state index is 0.198. The Morgan fingerprint density at radius 1 is 1.44 bits per heavy atom. The van der Waals surface area contributed by atoms with Crippen LogP contribution in [0.2, 0.25) is 0 Å². The zero-order chi connectivity index (χ0) is 11.7. The Kier molecular flexibility index (Phi) is 2.82. The van der Waals surface area contributed by atoms with Crippen molar-refractivity contribution in [2.24, 2.45) is 0 Å². The predicted molar refractivity (Wildman–Crippen MR) is 63.9 cm³/mol.